The highest BCUT2D eigenvalue weighted by Crippen LogP contribution is 2.16. The lowest BCUT2D eigenvalue weighted by Gasteiger charge is -2.08. The van der Waals surface area contributed by atoms with Crippen molar-refractivity contribution in [1.29, 1.82) is 0 Å². The molecule has 6 nitrogen and oxygen atoms in total. The zero-order valence-electron chi connectivity index (χ0n) is 10.6. The molecule has 1 aromatic carbocycles. The number of carboxylic acids is 1. The summed E-state index contributed by atoms with van der Waals surface area (Å²) in [7, 11) is -3.70. The molecule has 20 heavy (non-hydrogen) atoms. The average molecular weight is 292 g/mol. The first-order valence-electron chi connectivity index (χ1n) is 5.67. The quantitative estimate of drug-likeness (QED) is 0.897. The first-order valence-corrected chi connectivity index (χ1v) is 7.16. The molecule has 2 aromatic rings. The van der Waals surface area contributed by atoms with Gasteiger partial charge in [0.25, 0.3) is 10.0 Å². The number of aromatic nitrogens is 1. The van der Waals surface area contributed by atoms with Crippen molar-refractivity contribution < 1.29 is 18.3 Å². The number of aryl methyl sites for hydroxylation is 1. The molecule has 0 saturated carbocycles. The van der Waals surface area contributed by atoms with Gasteiger partial charge in [-0.05, 0) is 31.2 Å². The molecule has 0 atom stereocenters. The van der Waals surface area contributed by atoms with Gasteiger partial charge in [-0.25, -0.2) is 18.2 Å². The summed E-state index contributed by atoms with van der Waals surface area (Å²) in [6.07, 6.45) is 1.16. The molecular formula is C13H12N2O4S. The van der Waals surface area contributed by atoms with Gasteiger partial charge in [-0.2, -0.15) is 0 Å². The Labute approximate surface area is 116 Å². The van der Waals surface area contributed by atoms with E-state index in [9.17, 15) is 13.2 Å². The third-order valence-corrected chi connectivity index (χ3v) is 3.96. The van der Waals surface area contributed by atoms with Gasteiger partial charge in [-0.3, -0.25) is 4.72 Å². The van der Waals surface area contributed by atoms with Crippen molar-refractivity contribution in [3.8, 4) is 0 Å². The Morgan fingerprint density at radius 3 is 2.30 bits per heavy atom. The van der Waals surface area contributed by atoms with E-state index in [2.05, 4.69) is 9.71 Å². The van der Waals surface area contributed by atoms with Crippen LogP contribution >= 0.6 is 0 Å². The SMILES string of the molecule is Cc1ccc(S(=O)(=O)Nc2ccc(C(=O)O)nc2)cc1. The Hall–Kier alpha value is -2.41. The molecule has 0 aliphatic rings. The third-order valence-electron chi connectivity index (χ3n) is 2.57. The molecule has 2 N–H and O–H groups in total. The number of carbonyl (C=O) groups is 1. The van der Waals surface area contributed by atoms with Crippen molar-refractivity contribution in [1.82, 2.24) is 4.98 Å². The van der Waals surface area contributed by atoms with Crippen molar-refractivity contribution in [3.05, 3.63) is 53.9 Å². The van der Waals surface area contributed by atoms with Crippen LogP contribution in [0.1, 0.15) is 16.1 Å². The average Bonchev–Trinajstić information content (AvgIpc) is 2.39. The molecule has 2 rings (SSSR count). The summed E-state index contributed by atoms with van der Waals surface area (Å²) < 4.78 is 26.5. The highest BCUT2D eigenvalue weighted by Gasteiger charge is 2.14. The fourth-order valence-electron chi connectivity index (χ4n) is 1.51. The van der Waals surface area contributed by atoms with E-state index in [1.165, 1.54) is 24.3 Å². The highest BCUT2D eigenvalue weighted by atomic mass is 32.2. The van der Waals surface area contributed by atoms with Crippen LogP contribution in [0, 0.1) is 6.92 Å². The summed E-state index contributed by atoms with van der Waals surface area (Å²) in [4.78, 5) is 14.4. The van der Waals surface area contributed by atoms with Gasteiger partial charge in [0.05, 0.1) is 16.8 Å². The minimum absolute atomic E-state index is 0.130. The van der Waals surface area contributed by atoms with Crippen LogP contribution in [-0.2, 0) is 10.0 Å². The Morgan fingerprint density at radius 2 is 1.80 bits per heavy atom. The predicted molar refractivity (Wildman–Crippen MR) is 73.2 cm³/mol. The van der Waals surface area contributed by atoms with E-state index in [1.54, 1.807) is 12.1 Å². The molecule has 0 radical (unpaired) electrons. The standard InChI is InChI=1S/C13H12N2O4S/c1-9-2-5-11(6-3-9)20(18,19)15-10-4-7-12(13(16)17)14-8-10/h2-8,15H,1H3,(H,16,17). The van der Waals surface area contributed by atoms with Crippen LogP contribution in [0.5, 0.6) is 0 Å². The summed E-state index contributed by atoms with van der Waals surface area (Å²) in [5.41, 5.74) is 1.01. The zero-order valence-corrected chi connectivity index (χ0v) is 11.4. The lowest BCUT2D eigenvalue weighted by molar-refractivity contribution is 0.0690. The first-order chi connectivity index (χ1) is 9.38. The topological polar surface area (TPSA) is 96.4 Å². The van der Waals surface area contributed by atoms with Crippen molar-refractivity contribution in [2.45, 2.75) is 11.8 Å². The van der Waals surface area contributed by atoms with Crippen molar-refractivity contribution in [2.75, 3.05) is 4.72 Å². The fourth-order valence-corrected chi connectivity index (χ4v) is 2.56. The molecular weight excluding hydrogens is 280 g/mol. The molecule has 1 aromatic heterocycles. The van der Waals surface area contributed by atoms with Crippen LogP contribution in [-0.4, -0.2) is 24.5 Å². The van der Waals surface area contributed by atoms with Gasteiger partial charge in [0.15, 0.2) is 0 Å². The van der Waals surface area contributed by atoms with Gasteiger partial charge < -0.3 is 5.11 Å². The highest BCUT2D eigenvalue weighted by molar-refractivity contribution is 7.92. The van der Waals surface area contributed by atoms with Gasteiger partial charge in [-0.1, -0.05) is 17.7 Å². The number of aromatic carboxylic acids is 1. The van der Waals surface area contributed by atoms with Crippen LogP contribution in [0.4, 0.5) is 5.69 Å². The number of sulfonamides is 1. The fraction of sp³-hybridized carbons (Fsp3) is 0.0769. The number of nitrogens with zero attached hydrogens (tertiary/aromatic N) is 1. The van der Waals surface area contributed by atoms with E-state index in [0.717, 1.165) is 11.8 Å². The lowest BCUT2D eigenvalue weighted by atomic mass is 10.2. The second-order valence-corrected chi connectivity index (χ2v) is 5.84. The number of anilines is 1. The number of carboxylic acid groups (broad SMARTS) is 1. The zero-order chi connectivity index (χ0) is 14.8. The molecule has 7 heteroatoms. The Morgan fingerprint density at radius 1 is 1.15 bits per heavy atom. The van der Waals surface area contributed by atoms with E-state index >= 15 is 0 Å². The van der Waals surface area contributed by atoms with Crippen LogP contribution in [0.15, 0.2) is 47.5 Å². The van der Waals surface area contributed by atoms with Crippen LogP contribution in [0.25, 0.3) is 0 Å². The van der Waals surface area contributed by atoms with Crippen LogP contribution in [0.3, 0.4) is 0 Å². The number of hydrogen-bond donors (Lipinski definition) is 2. The smallest absolute Gasteiger partial charge is 0.354 e. The lowest BCUT2D eigenvalue weighted by Crippen LogP contribution is -2.13. The van der Waals surface area contributed by atoms with E-state index in [4.69, 9.17) is 5.11 Å². The van der Waals surface area contributed by atoms with E-state index < -0.39 is 16.0 Å². The van der Waals surface area contributed by atoms with Gasteiger partial charge in [0, 0.05) is 0 Å². The first kappa shape index (κ1) is 14.0. The molecule has 0 aliphatic heterocycles. The minimum atomic E-state index is -3.70. The summed E-state index contributed by atoms with van der Waals surface area (Å²) in [5, 5.41) is 8.71. The summed E-state index contributed by atoms with van der Waals surface area (Å²) in [5.74, 6) is -1.17. The molecule has 0 aliphatic carbocycles. The van der Waals surface area contributed by atoms with E-state index in [-0.39, 0.29) is 16.3 Å². The van der Waals surface area contributed by atoms with Crippen LogP contribution < -0.4 is 4.72 Å². The van der Waals surface area contributed by atoms with Gasteiger partial charge >= 0.3 is 5.97 Å². The maximum absolute atomic E-state index is 12.1. The van der Waals surface area contributed by atoms with E-state index in [0.29, 0.717) is 0 Å². The number of rotatable bonds is 4. The Bertz CT molecular complexity index is 722. The second-order valence-electron chi connectivity index (χ2n) is 4.16. The molecule has 1 heterocycles. The minimum Gasteiger partial charge on any atom is -0.477 e. The Kier molecular flexibility index (Phi) is 3.71. The molecule has 0 spiro atoms. The van der Waals surface area contributed by atoms with Crippen molar-refractivity contribution >= 4 is 21.7 Å². The van der Waals surface area contributed by atoms with Crippen molar-refractivity contribution in [3.63, 3.8) is 0 Å². The van der Waals surface area contributed by atoms with E-state index in [1.807, 2.05) is 6.92 Å². The maximum Gasteiger partial charge on any atom is 0.354 e. The van der Waals surface area contributed by atoms with Gasteiger partial charge in [-0.15, -0.1) is 0 Å². The summed E-state index contributed by atoms with van der Waals surface area (Å²) in [6, 6.07) is 8.96. The number of hydrogen-bond acceptors (Lipinski definition) is 4. The Balaban J connectivity index is 2.24. The summed E-state index contributed by atoms with van der Waals surface area (Å²) >= 11 is 0. The molecule has 0 fully saturated rings. The maximum atomic E-state index is 12.1. The molecule has 0 bridgehead atoms. The molecule has 0 amide bonds. The van der Waals surface area contributed by atoms with Gasteiger partial charge in [0.1, 0.15) is 5.69 Å². The molecule has 0 saturated heterocycles. The second kappa shape index (κ2) is 5.30. The van der Waals surface area contributed by atoms with Crippen molar-refractivity contribution in [2.24, 2.45) is 0 Å². The number of pyridine rings is 1. The molecule has 104 valence electrons. The number of benzene rings is 1. The largest absolute Gasteiger partial charge is 0.477 e. The monoisotopic (exact) mass is 292 g/mol. The normalized spacial score (nSPS) is 11.1. The summed E-state index contributed by atoms with van der Waals surface area (Å²) in [6.45, 7) is 1.86. The predicted octanol–water partition coefficient (Wildman–Crippen LogP) is 1.89. The number of nitrogens with one attached hydrogen (secondary N) is 1. The molecule has 0 unspecified atom stereocenters. The van der Waals surface area contributed by atoms with Crippen LogP contribution in [0.2, 0.25) is 0 Å². The third kappa shape index (κ3) is 3.12. The van der Waals surface area contributed by atoms with Gasteiger partial charge in [0.2, 0.25) is 0 Å².